The van der Waals surface area contributed by atoms with Gasteiger partial charge >= 0.3 is 0 Å². The second-order valence-electron chi connectivity index (χ2n) is 3.58. The number of aliphatic imine (C=N–C) groups is 1. The van der Waals surface area contributed by atoms with Gasteiger partial charge in [0.2, 0.25) is 0 Å². The van der Waals surface area contributed by atoms with Crippen LogP contribution in [-0.4, -0.2) is 11.2 Å². The summed E-state index contributed by atoms with van der Waals surface area (Å²) in [6.45, 7) is 3.88. The van der Waals surface area contributed by atoms with Crippen LogP contribution >= 0.6 is 0 Å². The quantitative estimate of drug-likeness (QED) is 0.822. The Bertz CT molecular complexity index is 516. The van der Waals surface area contributed by atoms with Crippen LogP contribution in [0, 0.1) is 11.3 Å². The smallest absolute Gasteiger partial charge is 0.107 e. The largest absolute Gasteiger partial charge is 0.400 e. The lowest BCUT2D eigenvalue weighted by Crippen LogP contribution is -2.01. The first-order chi connectivity index (χ1) is 8.72. The van der Waals surface area contributed by atoms with Gasteiger partial charge in [0.05, 0.1) is 11.3 Å². The second-order valence-corrected chi connectivity index (χ2v) is 3.58. The second kappa shape index (κ2) is 7.02. The van der Waals surface area contributed by atoms with Crippen LogP contribution in [0.25, 0.3) is 5.70 Å². The van der Waals surface area contributed by atoms with Gasteiger partial charge in [0.1, 0.15) is 11.8 Å². The number of hydrogen-bond donors (Lipinski definition) is 1. The number of rotatable bonds is 4. The maximum Gasteiger partial charge on any atom is 0.107 e. The summed E-state index contributed by atoms with van der Waals surface area (Å²) < 4.78 is 0. The van der Waals surface area contributed by atoms with Crippen LogP contribution in [0.15, 0.2) is 41.2 Å². The third-order valence-corrected chi connectivity index (χ3v) is 2.30. The van der Waals surface area contributed by atoms with Gasteiger partial charge in [-0.05, 0) is 31.6 Å². The van der Waals surface area contributed by atoms with Crippen LogP contribution in [0.2, 0.25) is 0 Å². The highest BCUT2D eigenvalue weighted by molar-refractivity contribution is 5.80. The van der Waals surface area contributed by atoms with Crippen LogP contribution in [-0.2, 0) is 0 Å². The molecule has 1 aromatic heterocycles. The molecule has 18 heavy (non-hydrogen) atoms. The third kappa shape index (κ3) is 3.56. The number of aromatic nitrogens is 1. The number of nitriles is 1. The summed E-state index contributed by atoms with van der Waals surface area (Å²) in [6, 6.07) is 5.49. The van der Waals surface area contributed by atoms with Crippen LogP contribution in [0.4, 0.5) is 0 Å². The van der Waals surface area contributed by atoms with Crippen molar-refractivity contribution >= 4 is 11.9 Å². The van der Waals surface area contributed by atoms with Crippen LogP contribution in [0.3, 0.4) is 0 Å². The Morgan fingerprint density at radius 2 is 2.33 bits per heavy atom. The van der Waals surface area contributed by atoms with E-state index in [1.54, 1.807) is 18.3 Å². The van der Waals surface area contributed by atoms with Gasteiger partial charge in [-0.3, -0.25) is 9.98 Å². The van der Waals surface area contributed by atoms with Gasteiger partial charge in [-0.2, -0.15) is 5.26 Å². The molecule has 1 heterocycles. The molecule has 0 atom stereocenters. The van der Waals surface area contributed by atoms with Gasteiger partial charge in [0, 0.05) is 18.1 Å². The molecule has 1 aromatic rings. The van der Waals surface area contributed by atoms with Gasteiger partial charge < -0.3 is 5.73 Å². The Labute approximate surface area is 107 Å². The van der Waals surface area contributed by atoms with E-state index in [1.807, 2.05) is 32.1 Å². The van der Waals surface area contributed by atoms with Gasteiger partial charge in [-0.15, -0.1) is 0 Å². The standard InChI is InChI=1S/C14H16N4/c1-3-5-8-17-14(12(16)4-2)13-7-6-11(9-15)10-18-13/h3,5-8,10H,4,16H2,1-2H3/b5-3-,14-12-,17-8-. The molecule has 0 aliphatic rings. The Kier molecular flexibility index (Phi) is 5.33. The number of nitrogens with two attached hydrogens (primary N) is 1. The normalized spacial score (nSPS) is 12.7. The van der Waals surface area contributed by atoms with E-state index in [4.69, 9.17) is 11.0 Å². The number of allylic oxidation sites excluding steroid dienone is 3. The summed E-state index contributed by atoms with van der Waals surface area (Å²) in [5, 5.41) is 8.73. The molecule has 92 valence electrons. The lowest BCUT2D eigenvalue weighted by molar-refractivity contribution is 1.06. The molecule has 0 fully saturated rings. The Hall–Kier alpha value is -2.41. The molecule has 0 saturated carbocycles. The first-order valence-electron chi connectivity index (χ1n) is 5.73. The minimum Gasteiger partial charge on any atom is -0.400 e. The first kappa shape index (κ1) is 13.7. The van der Waals surface area contributed by atoms with E-state index in [2.05, 4.69) is 9.98 Å². The highest BCUT2D eigenvalue weighted by Gasteiger charge is 2.05. The predicted molar refractivity (Wildman–Crippen MR) is 73.7 cm³/mol. The number of pyridine rings is 1. The Morgan fingerprint density at radius 3 is 2.83 bits per heavy atom. The zero-order valence-corrected chi connectivity index (χ0v) is 10.6. The van der Waals surface area contributed by atoms with Gasteiger partial charge in [0.15, 0.2) is 0 Å². The average molecular weight is 240 g/mol. The molecule has 0 amide bonds. The molecular formula is C14H16N4. The first-order valence-corrected chi connectivity index (χ1v) is 5.73. The van der Waals surface area contributed by atoms with E-state index in [9.17, 15) is 0 Å². The fourth-order valence-corrected chi connectivity index (χ4v) is 1.28. The minimum atomic E-state index is 0.519. The summed E-state index contributed by atoms with van der Waals surface area (Å²) in [4.78, 5) is 8.51. The molecule has 0 aliphatic heterocycles. The molecule has 2 N–H and O–H groups in total. The zero-order chi connectivity index (χ0) is 13.4. The maximum absolute atomic E-state index is 8.73. The summed E-state index contributed by atoms with van der Waals surface area (Å²) in [7, 11) is 0. The fraction of sp³-hybridized carbons (Fsp3) is 0.214. The van der Waals surface area contributed by atoms with Crippen molar-refractivity contribution in [1.29, 1.82) is 5.26 Å². The van der Waals surface area contributed by atoms with Crippen molar-refractivity contribution in [3.05, 3.63) is 47.4 Å². The van der Waals surface area contributed by atoms with Crippen molar-refractivity contribution in [2.75, 3.05) is 0 Å². The molecule has 0 saturated heterocycles. The molecular weight excluding hydrogens is 224 g/mol. The SMILES string of the molecule is C\C=C/C=N\C(=C(/N)CC)c1ccc(C#N)cn1. The molecule has 4 heteroatoms. The van der Waals surface area contributed by atoms with Gasteiger partial charge in [-0.1, -0.05) is 13.0 Å². The van der Waals surface area contributed by atoms with Crippen molar-refractivity contribution in [1.82, 2.24) is 4.98 Å². The van der Waals surface area contributed by atoms with E-state index in [-0.39, 0.29) is 0 Å². The fourth-order valence-electron chi connectivity index (χ4n) is 1.28. The van der Waals surface area contributed by atoms with E-state index in [0.717, 1.165) is 0 Å². The summed E-state index contributed by atoms with van der Waals surface area (Å²) in [5.74, 6) is 0. The number of hydrogen-bond acceptors (Lipinski definition) is 4. The lowest BCUT2D eigenvalue weighted by Gasteiger charge is -2.05. The van der Waals surface area contributed by atoms with Crippen molar-refractivity contribution < 1.29 is 0 Å². The van der Waals surface area contributed by atoms with Crippen LogP contribution in [0.1, 0.15) is 31.5 Å². The van der Waals surface area contributed by atoms with E-state index < -0.39 is 0 Å². The molecule has 0 spiro atoms. The van der Waals surface area contributed by atoms with E-state index in [1.165, 1.54) is 6.20 Å². The van der Waals surface area contributed by atoms with Crippen LogP contribution in [0.5, 0.6) is 0 Å². The Balaban J connectivity index is 3.15. The van der Waals surface area contributed by atoms with Crippen molar-refractivity contribution in [3.8, 4) is 6.07 Å². The van der Waals surface area contributed by atoms with Crippen molar-refractivity contribution in [2.45, 2.75) is 20.3 Å². The number of nitrogens with zero attached hydrogens (tertiary/aromatic N) is 3. The van der Waals surface area contributed by atoms with Crippen molar-refractivity contribution in [2.24, 2.45) is 10.7 Å². The van der Waals surface area contributed by atoms with E-state index in [0.29, 0.717) is 29.1 Å². The summed E-state index contributed by atoms with van der Waals surface area (Å²) in [6.07, 6.45) is 7.60. The molecule has 0 aliphatic carbocycles. The van der Waals surface area contributed by atoms with Crippen LogP contribution < -0.4 is 5.73 Å². The minimum absolute atomic E-state index is 0.519. The molecule has 0 aromatic carbocycles. The highest BCUT2D eigenvalue weighted by atomic mass is 14.8. The van der Waals surface area contributed by atoms with E-state index >= 15 is 0 Å². The lowest BCUT2D eigenvalue weighted by atomic mass is 10.2. The predicted octanol–water partition coefficient (Wildman–Crippen LogP) is 2.64. The highest BCUT2D eigenvalue weighted by Crippen LogP contribution is 2.17. The monoisotopic (exact) mass is 240 g/mol. The summed E-state index contributed by atoms with van der Waals surface area (Å²) in [5.41, 5.74) is 8.46. The topological polar surface area (TPSA) is 75.1 Å². The van der Waals surface area contributed by atoms with Gasteiger partial charge in [0.25, 0.3) is 0 Å². The molecule has 4 nitrogen and oxygen atoms in total. The molecule has 1 rings (SSSR count). The average Bonchev–Trinajstić information content (AvgIpc) is 2.43. The third-order valence-electron chi connectivity index (χ3n) is 2.30. The molecule has 0 unspecified atom stereocenters. The van der Waals surface area contributed by atoms with Crippen molar-refractivity contribution in [3.63, 3.8) is 0 Å². The molecule has 0 radical (unpaired) electrons. The van der Waals surface area contributed by atoms with Gasteiger partial charge in [-0.25, -0.2) is 0 Å². The summed E-state index contributed by atoms with van der Waals surface area (Å²) >= 11 is 0. The zero-order valence-electron chi connectivity index (χ0n) is 10.6. The maximum atomic E-state index is 8.73. The Morgan fingerprint density at radius 1 is 1.56 bits per heavy atom. The molecule has 0 bridgehead atoms.